The van der Waals surface area contributed by atoms with E-state index < -0.39 is 17.5 Å². The molecule has 2 heterocycles. The first-order valence-corrected chi connectivity index (χ1v) is 9.19. The van der Waals surface area contributed by atoms with Gasteiger partial charge in [-0.05, 0) is 30.6 Å². The van der Waals surface area contributed by atoms with Gasteiger partial charge in [0.05, 0.1) is 5.60 Å². The highest BCUT2D eigenvalue weighted by atomic mass is 16.5. The molecule has 0 aliphatic carbocycles. The minimum Gasteiger partial charge on any atom is -0.507 e. The fourth-order valence-electron chi connectivity index (χ4n) is 4.06. The maximum Gasteiger partial charge on any atom is 0.352 e. The molecule has 6 nitrogen and oxygen atoms in total. The largest absolute Gasteiger partial charge is 0.507 e. The Labute approximate surface area is 156 Å². The summed E-state index contributed by atoms with van der Waals surface area (Å²) in [5.41, 5.74) is 5.78. The van der Waals surface area contributed by atoms with Gasteiger partial charge in [-0.1, -0.05) is 48.5 Å². The summed E-state index contributed by atoms with van der Waals surface area (Å²) in [6.07, 6.45) is 2.16. The molecule has 0 saturated heterocycles. The van der Waals surface area contributed by atoms with Crippen LogP contribution < -0.4 is 11.4 Å². The first-order valence-electron chi connectivity index (χ1n) is 9.19. The van der Waals surface area contributed by atoms with Crippen LogP contribution in [-0.2, 0) is 4.74 Å². The number of hydrogen-bond acceptors (Lipinski definition) is 5. The molecule has 6 heteroatoms. The van der Waals surface area contributed by atoms with Crippen molar-refractivity contribution in [2.45, 2.75) is 80.1 Å². The number of aliphatic hydroxyl groups excluding tert-OH is 1. The topological polar surface area (TPSA) is 90.4 Å². The molecule has 146 valence electrons. The summed E-state index contributed by atoms with van der Waals surface area (Å²) < 4.78 is 7.79. The highest BCUT2D eigenvalue weighted by Crippen LogP contribution is 2.53. The molecule has 0 bridgehead atoms. The lowest BCUT2D eigenvalue weighted by Crippen LogP contribution is -2.40. The minimum atomic E-state index is -0.883. The molecule has 0 spiro atoms. The maximum atomic E-state index is 12.4. The summed E-state index contributed by atoms with van der Waals surface area (Å²) >= 11 is 0. The van der Waals surface area contributed by atoms with Crippen molar-refractivity contribution in [3.63, 3.8) is 0 Å². The molecule has 1 aliphatic rings. The molecule has 1 aromatic heterocycles. The van der Waals surface area contributed by atoms with Gasteiger partial charge in [0.1, 0.15) is 11.6 Å². The lowest BCUT2D eigenvalue weighted by atomic mass is 9.69. The molecule has 0 unspecified atom stereocenters. The van der Waals surface area contributed by atoms with Gasteiger partial charge >= 0.3 is 5.69 Å². The van der Waals surface area contributed by atoms with Gasteiger partial charge < -0.3 is 15.6 Å². The monoisotopic (exact) mass is 363 g/mol. The molecule has 26 heavy (non-hydrogen) atoms. The van der Waals surface area contributed by atoms with Gasteiger partial charge in [0.2, 0.25) is 0 Å². The van der Waals surface area contributed by atoms with Crippen LogP contribution in [0.2, 0.25) is 0 Å². The third-order valence-corrected chi connectivity index (χ3v) is 4.85. The first kappa shape index (κ1) is 20.5. The van der Waals surface area contributed by atoms with Crippen LogP contribution in [0.25, 0.3) is 0 Å². The number of rotatable bonds is 3. The van der Waals surface area contributed by atoms with Crippen molar-refractivity contribution in [2.75, 3.05) is 5.73 Å². The predicted molar refractivity (Wildman–Crippen MR) is 104 cm³/mol. The highest BCUT2D eigenvalue weighted by molar-refractivity contribution is 5.37. The van der Waals surface area contributed by atoms with E-state index in [2.05, 4.69) is 53.5 Å². The standard InChI is InChI=1S/C20H33N3O3/c1-9-20(11-18(3,4)5)14(19(6,7)8)13(24)16(26-20)23-10-12(2)15(21)22-17(23)25/h10,16,24H,9,11H2,1-8H3,(H2,21,22,25)/t16-,20-/m1/s1. The highest BCUT2D eigenvalue weighted by Gasteiger charge is 2.52. The normalized spacial score (nSPS) is 24.4. The smallest absolute Gasteiger partial charge is 0.352 e. The average molecular weight is 364 g/mol. The van der Waals surface area contributed by atoms with E-state index in [0.29, 0.717) is 12.0 Å². The lowest BCUT2D eigenvalue weighted by Gasteiger charge is -2.41. The zero-order valence-electron chi connectivity index (χ0n) is 17.3. The molecule has 2 atom stereocenters. The number of hydrogen-bond donors (Lipinski definition) is 2. The molecule has 0 amide bonds. The summed E-state index contributed by atoms with van der Waals surface area (Å²) in [7, 11) is 0. The lowest BCUT2D eigenvalue weighted by molar-refractivity contribution is -0.0977. The summed E-state index contributed by atoms with van der Waals surface area (Å²) in [5.74, 6) is 0.303. The second-order valence-corrected chi connectivity index (χ2v) is 9.56. The third kappa shape index (κ3) is 3.65. The third-order valence-electron chi connectivity index (χ3n) is 4.85. The van der Waals surface area contributed by atoms with E-state index >= 15 is 0 Å². The average Bonchev–Trinajstić information content (AvgIpc) is 2.74. The van der Waals surface area contributed by atoms with Crippen molar-refractivity contribution in [1.29, 1.82) is 0 Å². The van der Waals surface area contributed by atoms with Crippen LogP contribution in [0.15, 0.2) is 22.3 Å². The van der Waals surface area contributed by atoms with Crippen molar-refractivity contribution in [3.8, 4) is 0 Å². The number of aliphatic hydroxyl groups is 1. The van der Waals surface area contributed by atoms with Crippen LogP contribution in [0.3, 0.4) is 0 Å². The van der Waals surface area contributed by atoms with E-state index in [-0.39, 0.29) is 22.4 Å². The number of nitrogens with two attached hydrogens (primary N) is 1. The van der Waals surface area contributed by atoms with E-state index in [1.165, 1.54) is 4.57 Å². The van der Waals surface area contributed by atoms with E-state index in [0.717, 1.165) is 12.0 Å². The zero-order chi connectivity index (χ0) is 20.1. The van der Waals surface area contributed by atoms with Gasteiger partial charge in [0, 0.05) is 17.3 Å². The number of ether oxygens (including phenoxy) is 1. The van der Waals surface area contributed by atoms with Gasteiger partial charge in [-0.2, -0.15) is 4.98 Å². The Bertz CT molecular complexity index is 781. The summed E-state index contributed by atoms with van der Waals surface area (Å²) in [5, 5.41) is 11.1. The van der Waals surface area contributed by atoms with Crippen LogP contribution in [0.5, 0.6) is 0 Å². The van der Waals surface area contributed by atoms with Gasteiger partial charge in [0.15, 0.2) is 6.23 Å². The molecule has 0 radical (unpaired) electrons. The van der Waals surface area contributed by atoms with Crippen molar-refractivity contribution in [1.82, 2.24) is 9.55 Å². The Balaban J connectivity index is 2.68. The minimum absolute atomic E-state index is 0.0120. The second kappa shape index (κ2) is 6.41. The number of nitrogen functional groups attached to an aromatic ring is 1. The van der Waals surface area contributed by atoms with Crippen LogP contribution in [0.4, 0.5) is 5.82 Å². The van der Waals surface area contributed by atoms with E-state index in [4.69, 9.17) is 10.5 Å². The van der Waals surface area contributed by atoms with Crippen LogP contribution in [0, 0.1) is 17.8 Å². The van der Waals surface area contributed by atoms with Crippen molar-refractivity contribution in [3.05, 3.63) is 33.6 Å². The number of aryl methyl sites for hydroxylation is 1. The molecule has 1 aliphatic heterocycles. The van der Waals surface area contributed by atoms with Crippen molar-refractivity contribution in [2.24, 2.45) is 10.8 Å². The Hall–Kier alpha value is -1.82. The van der Waals surface area contributed by atoms with E-state index in [1.807, 2.05) is 0 Å². The predicted octanol–water partition coefficient (Wildman–Crippen LogP) is 4.11. The van der Waals surface area contributed by atoms with E-state index in [1.54, 1.807) is 13.1 Å². The molecule has 1 aromatic rings. The Morgan fingerprint density at radius 1 is 1.31 bits per heavy atom. The number of aromatic nitrogens is 2. The SMILES string of the molecule is CC[C@]1(CC(C)(C)C)O[C@@H](n2cc(C)c(N)nc2=O)C(O)=C1C(C)(C)C. The van der Waals surface area contributed by atoms with Crippen molar-refractivity contribution >= 4 is 5.82 Å². The molecule has 0 saturated carbocycles. The molecule has 0 fully saturated rings. The second-order valence-electron chi connectivity index (χ2n) is 9.56. The van der Waals surface area contributed by atoms with Gasteiger partial charge in [-0.15, -0.1) is 0 Å². The molecule has 3 N–H and O–H groups in total. The van der Waals surface area contributed by atoms with Crippen molar-refractivity contribution < 1.29 is 9.84 Å². The summed E-state index contributed by atoms with van der Waals surface area (Å²) in [6, 6.07) is 0. The quantitative estimate of drug-likeness (QED) is 0.843. The van der Waals surface area contributed by atoms with Crippen LogP contribution in [-0.4, -0.2) is 20.3 Å². The summed E-state index contributed by atoms with van der Waals surface area (Å²) in [6.45, 7) is 16.5. The molecule has 2 rings (SSSR count). The fraction of sp³-hybridized carbons (Fsp3) is 0.700. The molecule has 0 aromatic carbocycles. The first-order chi connectivity index (χ1) is 11.7. The van der Waals surface area contributed by atoms with E-state index in [9.17, 15) is 9.90 Å². The zero-order valence-corrected chi connectivity index (χ0v) is 17.3. The fourth-order valence-corrected chi connectivity index (χ4v) is 4.06. The number of anilines is 1. The summed E-state index contributed by atoms with van der Waals surface area (Å²) in [4.78, 5) is 16.3. The van der Waals surface area contributed by atoms with Crippen LogP contribution >= 0.6 is 0 Å². The Morgan fingerprint density at radius 2 is 1.88 bits per heavy atom. The van der Waals surface area contributed by atoms with Gasteiger partial charge in [-0.25, -0.2) is 4.79 Å². The van der Waals surface area contributed by atoms with Gasteiger partial charge in [-0.3, -0.25) is 4.57 Å². The maximum absolute atomic E-state index is 12.4. The molecular weight excluding hydrogens is 330 g/mol. The Morgan fingerprint density at radius 3 is 2.35 bits per heavy atom. The van der Waals surface area contributed by atoms with Gasteiger partial charge in [0.25, 0.3) is 0 Å². The van der Waals surface area contributed by atoms with Crippen LogP contribution in [0.1, 0.15) is 73.1 Å². The molecular formula is C20H33N3O3. The Kier molecular flexibility index (Phi) is 5.05. The number of nitrogens with zero attached hydrogens (tertiary/aromatic N) is 2.